The quantitative estimate of drug-likeness (QED) is 0.826. The van der Waals surface area contributed by atoms with Gasteiger partial charge in [0.15, 0.2) is 5.60 Å². The van der Waals surface area contributed by atoms with E-state index in [1.165, 1.54) is 6.08 Å². The number of hydrogen-bond donors (Lipinski definition) is 2. The molecule has 1 rings (SSSR count). The Kier molecular flexibility index (Phi) is 3.66. The van der Waals surface area contributed by atoms with Crippen molar-refractivity contribution >= 4 is 21.9 Å². The van der Waals surface area contributed by atoms with E-state index in [-0.39, 0.29) is 6.42 Å². The Balaban J connectivity index is 3.14. The van der Waals surface area contributed by atoms with Crippen molar-refractivity contribution in [3.8, 4) is 0 Å². The van der Waals surface area contributed by atoms with Gasteiger partial charge in [0.05, 0.1) is 0 Å². The fourth-order valence-electron chi connectivity index (χ4n) is 1.26. The summed E-state index contributed by atoms with van der Waals surface area (Å²) >= 11 is 3.24. The lowest BCUT2D eigenvalue weighted by atomic mass is 9.91. The van der Waals surface area contributed by atoms with E-state index in [0.717, 1.165) is 4.47 Å². The molecule has 4 heteroatoms. The molecule has 0 heterocycles. The van der Waals surface area contributed by atoms with Crippen LogP contribution in [0.3, 0.4) is 0 Å². The highest BCUT2D eigenvalue weighted by Crippen LogP contribution is 2.27. The van der Waals surface area contributed by atoms with E-state index in [1.54, 1.807) is 24.3 Å². The van der Waals surface area contributed by atoms with E-state index in [1.807, 2.05) is 0 Å². The Morgan fingerprint density at radius 1 is 1.47 bits per heavy atom. The first kappa shape index (κ1) is 11.9. The first-order valence-corrected chi connectivity index (χ1v) is 5.12. The number of aliphatic hydroxyl groups is 1. The third-order valence-corrected chi connectivity index (χ3v) is 2.64. The highest BCUT2D eigenvalue weighted by molar-refractivity contribution is 9.10. The van der Waals surface area contributed by atoms with Crippen molar-refractivity contribution in [1.82, 2.24) is 0 Å². The van der Waals surface area contributed by atoms with Gasteiger partial charge in [-0.25, -0.2) is 4.79 Å². The fraction of sp³-hybridized carbons (Fsp3) is 0.182. The summed E-state index contributed by atoms with van der Waals surface area (Å²) in [7, 11) is 0. The molecule has 0 bridgehead atoms. The molecular formula is C11H11BrO3. The van der Waals surface area contributed by atoms with Crippen molar-refractivity contribution in [1.29, 1.82) is 0 Å². The number of halogens is 1. The Hall–Kier alpha value is -1.13. The normalized spacial score (nSPS) is 14.3. The summed E-state index contributed by atoms with van der Waals surface area (Å²) in [6.07, 6.45) is 1.36. The summed E-state index contributed by atoms with van der Waals surface area (Å²) in [4.78, 5) is 11.0. The molecule has 0 aliphatic heterocycles. The summed E-state index contributed by atoms with van der Waals surface area (Å²) in [6, 6.07) is 6.52. The third-order valence-electron chi connectivity index (χ3n) is 2.12. The minimum atomic E-state index is -1.89. The summed E-state index contributed by atoms with van der Waals surface area (Å²) in [5.41, 5.74) is -1.54. The topological polar surface area (TPSA) is 57.5 Å². The zero-order valence-corrected chi connectivity index (χ0v) is 9.57. The van der Waals surface area contributed by atoms with Crippen LogP contribution in [0.25, 0.3) is 0 Å². The van der Waals surface area contributed by atoms with Gasteiger partial charge in [0.25, 0.3) is 0 Å². The van der Waals surface area contributed by atoms with Crippen LogP contribution in [-0.4, -0.2) is 16.2 Å². The van der Waals surface area contributed by atoms with Crippen molar-refractivity contribution in [3.63, 3.8) is 0 Å². The standard InChI is InChI=1S/C11H11BrO3/c1-2-7-11(15,10(13)14)8-3-5-9(12)6-4-8/h2-6,15H,1,7H2,(H,13,14). The molecule has 0 saturated carbocycles. The maximum absolute atomic E-state index is 11.0. The third kappa shape index (κ3) is 2.46. The predicted molar refractivity (Wildman–Crippen MR) is 60.5 cm³/mol. The molecular weight excluding hydrogens is 260 g/mol. The van der Waals surface area contributed by atoms with Crippen LogP contribution in [0, 0.1) is 0 Å². The molecule has 0 radical (unpaired) electrons. The molecule has 0 saturated heterocycles. The molecule has 1 aromatic rings. The molecule has 2 N–H and O–H groups in total. The summed E-state index contributed by atoms with van der Waals surface area (Å²) in [5.74, 6) is -1.27. The van der Waals surface area contributed by atoms with Crippen LogP contribution >= 0.6 is 15.9 Å². The van der Waals surface area contributed by atoms with E-state index < -0.39 is 11.6 Å². The Morgan fingerprint density at radius 3 is 2.40 bits per heavy atom. The predicted octanol–water partition coefficient (Wildman–Crippen LogP) is 2.30. The zero-order valence-electron chi connectivity index (χ0n) is 7.98. The summed E-state index contributed by atoms with van der Waals surface area (Å²) < 4.78 is 0.831. The Morgan fingerprint density at radius 2 is 2.00 bits per heavy atom. The fourth-order valence-corrected chi connectivity index (χ4v) is 1.53. The minimum Gasteiger partial charge on any atom is -0.479 e. The average Bonchev–Trinajstić information content (AvgIpc) is 2.18. The maximum Gasteiger partial charge on any atom is 0.340 e. The second-order valence-corrected chi connectivity index (χ2v) is 4.08. The van der Waals surface area contributed by atoms with Crippen molar-refractivity contribution in [2.45, 2.75) is 12.0 Å². The minimum absolute atomic E-state index is 0.0238. The largest absolute Gasteiger partial charge is 0.479 e. The van der Waals surface area contributed by atoms with E-state index in [0.29, 0.717) is 5.56 Å². The smallest absolute Gasteiger partial charge is 0.340 e. The van der Waals surface area contributed by atoms with Gasteiger partial charge in [-0.3, -0.25) is 0 Å². The molecule has 0 aromatic heterocycles. The average molecular weight is 271 g/mol. The molecule has 1 aromatic carbocycles. The summed E-state index contributed by atoms with van der Waals surface area (Å²) in [6.45, 7) is 3.44. The van der Waals surface area contributed by atoms with Crippen LogP contribution in [0.1, 0.15) is 12.0 Å². The molecule has 0 fully saturated rings. The number of carboxylic acid groups (broad SMARTS) is 1. The molecule has 1 atom stereocenters. The van der Waals surface area contributed by atoms with Crippen LogP contribution in [-0.2, 0) is 10.4 Å². The van der Waals surface area contributed by atoms with Gasteiger partial charge in [-0.1, -0.05) is 34.1 Å². The maximum atomic E-state index is 11.0. The molecule has 1 unspecified atom stereocenters. The van der Waals surface area contributed by atoms with Gasteiger partial charge >= 0.3 is 5.97 Å². The lowest BCUT2D eigenvalue weighted by Crippen LogP contribution is -2.34. The molecule has 3 nitrogen and oxygen atoms in total. The Labute approximate surface area is 96.2 Å². The first-order valence-electron chi connectivity index (χ1n) is 4.33. The van der Waals surface area contributed by atoms with Gasteiger partial charge in [-0.05, 0) is 17.7 Å². The van der Waals surface area contributed by atoms with Crippen LogP contribution < -0.4 is 0 Å². The number of carboxylic acids is 1. The van der Waals surface area contributed by atoms with Crippen LogP contribution in [0.15, 0.2) is 41.4 Å². The van der Waals surface area contributed by atoms with Gasteiger partial charge in [-0.15, -0.1) is 6.58 Å². The monoisotopic (exact) mass is 270 g/mol. The number of hydrogen-bond acceptors (Lipinski definition) is 2. The van der Waals surface area contributed by atoms with Gasteiger partial charge in [-0.2, -0.15) is 0 Å². The number of rotatable bonds is 4. The molecule has 0 spiro atoms. The van der Waals surface area contributed by atoms with Gasteiger partial charge in [0.1, 0.15) is 0 Å². The number of benzene rings is 1. The van der Waals surface area contributed by atoms with Gasteiger partial charge in [0, 0.05) is 10.9 Å². The molecule has 0 aliphatic carbocycles. The van der Waals surface area contributed by atoms with Crippen molar-refractivity contribution in [2.75, 3.05) is 0 Å². The highest BCUT2D eigenvalue weighted by Gasteiger charge is 2.36. The van der Waals surface area contributed by atoms with Crippen LogP contribution in [0.4, 0.5) is 0 Å². The van der Waals surface area contributed by atoms with E-state index in [2.05, 4.69) is 22.5 Å². The van der Waals surface area contributed by atoms with Crippen LogP contribution in [0.5, 0.6) is 0 Å². The second kappa shape index (κ2) is 4.59. The van der Waals surface area contributed by atoms with Crippen molar-refractivity contribution in [2.24, 2.45) is 0 Å². The number of carbonyl (C=O) groups is 1. The van der Waals surface area contributed by atoms with E-state index in [9.17, 15) is 9.90 Å². The summed E-state index contributed by atoms with van der Waals surface area (Å²) in [5, 5.41) is 18.9. The molecule has 0 amide bonds. The van der Waals surface area contributed by atoms with Crippen molar-refractivity contribution < 1.29 is 15.0 Å². The lowest BCUT2D eigenvalue weighted by Gasteiger charge is -2.22. The first-order chi connectivity index (χ1) is 7.00. The van der Waals surface area contributed by atoms with Gasteiger partial charge < -0.3 is 10.2 Å². The van der Waals surface area contributed by atoms with Gasteiger partial charge in [0.2, 0.25) is 0 Å². The van der Waals surface area contributed by atoms with Crippen LogP contribution in [0.2, 0.25) is 0 Å². The lowest BCUT2D eigenvalue weighted by molar-refractivity contribution is -0.159. The second-order valence-electron chi connectivity index (χ2n) is 3.17. The zero-order chi connectivity index (χ0) is 11.5. The van der Waals surface area contributed by atoms with E-state index >= 15 is 0 Å². The molecule has 15 heavy (non-hydrogen) atoms. The SMILES string of the molecule is C=CCC(O)(C(=O)O)c1ccc(Br)cc1. The van der Waals surface area contributed by atoms with Crippen molar-refractivity contribution in [3.05, 3.63) is 47.0 Å². The molecule has 0 aliphatic rings. The Bertz CT molecular complexity index is 372. The number of aliphatic carboxylic acids is 1. The van der Waals surface area contributed by atoms with E-state index in [4.69, 9.17) is 5.11 Å². The highest BCUT2D eigenvalue weighted by atomic mass is 79.9. The molecule has 80 valence electrons.